The standard InChI is InChI=1S/C15H21N3O3/c1-4-12(16)8-11-6-5-7-14(19-3)15(11)20-9-13-10(2)17-21-18-13/h5-7,12H,4,8-9,16H2,1-3H3. The summed E-state index contributed by atoms with van der Waals surface area (Å²) in [5, 5.41) is 7.55. The molecule has 0 radical (unpaired) electrons. The monoisotopic (exact) mass is 291 g/mol. The van der Waals surface area contributed by atoms with Crippen molar-refractivity contribution in [2.24, 2.45) is 5.73 Å². The highest BCUT2D eigenvalue weighted by Crippen LogP contribution is 2.32. The summed E-state index contributed by atoms with van der Waals surface area (Å²) in [6, 6.07) is 5.90. The Morgan fingerprint density at radius 3 is 2.76 bits per heavy atom. The van der Waals surface area contributed by atoms with Crippen LogP contribution in [0.5, 0.6) is 11.5 Å². The number of methoxy groups -OCH3 is 1. The third-order valence-corrected chi connectivity index (χ3v) is 3.39. The number of nitrogens with two attached hydrogens (primary N) is 1. The molecule has 1 aromatic heterocycles. The fourth-order valence-corrected chi connectivity index (χ4v) is 1.99. The van der Waals surface area contributed by atoms with Crippen molar-refractivity contribution in [1.82, 2.24) is 10.3 Å². The summed E-state index contributed by atoms with van der Waals surface area (Å²) in [6.07, 6.45) is 1.64. The molecule has 1 atom stereocenters. The van der Waals surface area contributed by atoms with Crippen molar-refractivity contribution in [1.29, 1.82) is 0 Å². The molecule has 6 nitrogen and oxygen atoms in total. The van der Waals surface area contributed by atoms with Gasteiger partial charge in [0.05, 0.1) is 7.11 Å². The molecule has 2 rings (SSSR count). The zero-order valence-electron chi connectivity index (χ0n) is 12.6. The highest BCUT2D eigenvalue weighted by molar-refractivity contribution is 5.47. The average Bonchev–Trinajstić information content (AvgIpc) is 2.90. The summed E-state index contributed by atoms with van der Waals surface area (Å²) in [6.45, 7) is 4.17. The van der Waals surface area contributed by atoms with Crippen LogP contribution in [-0.4, -0.2) is 23.5 Å². The van der Waals surface area contributed by atoms with E-state index in [0.29, 0.717) is 17.2 Å². The molecule has 0 aliphatic heterocycles. The molecule has 0 amide bonds. The molecule has 21 heavy (non-hydrogen) atoms. The predicted molar refractivity (Wildman–Crippen MR) is 78.3 cm³/mol. The van der Waals surface area contributed by atoms with Crippen LogP contribution < -0.4 is 15.2 Å². The Hall–Kier alpha value is -2.08. The van der Waals surface area contributed by atoms with Gasteiger partial charge in [-0.1, -0.05) is 29.4 Å². The average molecular weight is 291 g/mol. The number of nitrogens with zero attached hydrogens (tertiary/aromatic N) is 2. The second kappa shape index (κ2) is 7.08. The van der Waals surface area contributed by atoms with Gasteiger partial charge in [-0.25, -0.2) is 4.63 Å². The molecule has 114 valence electrons. The molecular weight excluding hydrogens is 270 g/mol. The van der Waals surface area contributed by atoms with Crippen molar-refractivity contribution in [3.05, 3.63) is 35.2 Å². The van der Waals surface area contributed by atoms with Crippen LogP contribution in [0.2, 0.25) is 0 Å². The van der Waals surface area contributed by atoms with Crippen molar-refractivity contribution < 1.29 is 14.1 Å². The number of aromatic nitrogens is 2. The highest BCUT2D eigenvalue weighted by atomic mass is 16.6. The lowest BCUT2D eigenvalue weighted by Crippen LogP contribution is -2.21. The Balaban J connectivity index is 2.20. The fourth-order valence-electron chi connectivity index (χ4n) is 1.99. The van der Waals surface area contributed by atoms with E-state index in [-0.39, 0.29) is 12.6 Å². The lowest BCUT2D eigenvalue weighted by Gasteiger charge is -2.16. The molecule has 0 bridgehead atoms. The van der Waals surface area contributed by atoms with Gasteiger partial charge in [0, 0.05) is 6.04 Å². The van der Waals surface area contributed by atoms with Gasteiger partial charge < -0.3 is 15.2 Å². The van der Waals surface area contributed by atoms with Crippen LogP contribution >= 0.6 is 0 Å². The normalized spacial score (nSPS) is 12.2. The topological polar surface area (TPSA) is 83.4 Å². The van der Waals surface area contributed by atoms with E-state index < -0.39 is 0 Å². The van der Waals surface area contributed by atoms with Gasteiger partial charge in [0.25, 0.3) is 0 Å². The number of benzene rings is 1. The minimum atomic E-state index is 0.0925. The molecule has 6 heteroatoms. The minimum Gasteiger partial charge on any atom is -0.493 e. The summed E-state index contributed by atoms with van der Waals surface area (Å²) < 4.78 is 15.9. The quantitative estimate of drug-likeness (QED) is 0.842. The van der Waals surface area contributed by atoms with E-state index in [1.165, 1.54) is 0 Å². The second-order valence-electron chi connectivity index (χ2n) is 4.91. The highest BCUT2D eigenvalue weighted by Gasteiger charge is 2.15. The molecule has 2 N–H and O–H groups in total. The van der Waals surface area contributed by atoms with Crippen LogP contribution in [0.4, 0.5) is 0 Å². The van der Waals surface area contributed by atoms with E-state index in [2.05, 4.69) is 21.9 Å². The number of aryl methyl sites for hydroxylation is 1. The van der Waals surface area contributed by atoms with Crippen LogP contribution in [0, 0.1) is 6.92 Å². The first-order valence-electron chi connectivity index (χ1n) is 6.98. The van der Waals surface area contributed by atoms with Gasteiger partial charge >= 0.3 is 0 Å². The van der Waals surface area contributed by atoms with Crippen LogP contribution in [-0.2, 0) is 13.0 Å². The molecule has 0 aliphatic rings. The van der Waals surface area contributed by atoms with Crippen molar-refractivity contribution in [3.63, 3.8) is 0 Å². The number of hydrogen-bond donors (Lipinski definition) is 1. The largest absolute Gasteiger partial charge is 0.493 e. The van der Waals surface area contributed by atoms with Gasteiger partial charge in [0.1, 0.15) is 18.0 Å². The van der Waals surface area contributed by atoms with E-state index in [0.717, 1.165) is 24.1 Å². The third kappa shape index (κ3) is 3.72. The summed E-state index contributed by atoms with van der Waals surface area (Å²) in [7, 11) is 1.62. The maximum atomic E-state index is 6.05. The predicted octanol–water partition coefficient (Wildman–Crippen LogP) is 2.25. The first kappa shape index (κ1) is 15.3. The molecule has 0 spiro atoms. The van der Waals surface area contributed by atoms with Gasteiger partial charge in [0.2, 0.25) is 0 Å². The summed E-state index contributed by atoms with van der Waals surface area (Å²) in [5.74, 6) is 1.39. The van der Waals surface area contributed by atoms with Gasteiger partial charge in [-0.05, 0) is 31.4 Å². The molecule has 1 aromatic carbocycles. The molecule has 2 aromatic rings. The Kier molecular flexibility index (Phi) is 5.16. The minimum absolute atomic E-state index is 0.0925. The van der Waals surface area contributed by atoms with Crippen molar-refractivity contribution in [3.8, 4) is 11.5 Å². The van der Waals surface area contributed by atoms with Crippen LogP contribution in [0.3, 0.4) is 0 Å². The molecule has 1 heterocycles. The van der Waals surface area contributed by atoms with Gasteiger partial charge in [0.15, 0.2) is 11.5 Å². The van der Waals surface area contributed by atoms with Crippen LogP contribution in [0.25, 0.3) is 0 Å². The van der Waals surface area contributed by atoms with Crippen molar-refractivity contribution in [2.45, 2.75) is 39.3 Å². The number of para-hydroxylation sites is 1. The zero-order chi connectivity index (χ0) is 15.2. The molecule has 0 saturated heterocycles. The zero-order valence-corrected chi connectivity index (χ0v) is 12.6. The molecule has 0 fully saturated rings. The number of hydrogen-bond acceptors (Lipinski definition) is 6. The van der Waals surface area contributed by atoms with Crippen LogP contribution in [0.1, 0.15) is 30.3 Å². The van der Waals surface area contributed by atoms with Crippen molar-refractivity contribution in [2.75, 3.05) is 7.11 Å². The SMILES string of the molecule is CCC(N)Cc1cccc(OC)c1OCc1nonc1C. The smallest absolute Gasteiger partial charge is 0.164 e. The van der Waals surface area contributed by atoms with E-state index in [1.54, 1.807) is 7.11 Å². The lowest BCUT2D eigenvalue weighted by atomic mass is 10.0. The van der Waals surface area contributed by atoms with Gasteiger partial charge in [-0.2, -0.15) is 0 Å². The molecule has 0 saturated carbocycles. The maximum Gasteiger partial charge on any atom is 0.164 e. The number of ether oxygens (including phenoxy) is 2. The van der Waals surface area contributed by atoms with E-state index in [9.17, 15) is 0 Å². The Labute approximate surface area is 124 Å². The van der Waals surface area contributed by atoms with Crippen LogP contribution in [0.15, 0.2) is 22.8 Å². The Morgan fingerprint density at radius 1 is 1.33 bits per heavy atom. The van der Waals surface area contributed by atoms with E-state index in [1.807, 2.05) is 25.1 Å². The fraction of sp³-hybridized carbons (Fsp3) is 0.467. The number of rotatable bonds is 7. The van der Waals surface area contributed by atoms with Crippen molar-refractivity contribution >= 4 is 0 Å². The second-order valence-corrected chi connectivity index (χ2v) is 4.91. The first-order chi connectivity index (χ1) is 10.2. The first-order valence-corrected chi connectivity index (χ1v) is 6.98. The molecule has 0 aliphatic carbocycles. The van der Waals surface area contributed by atoms with Gasteiger partial charge in [-0.3, -0.25) is 0 Å². The van der Waals surface area contributed by atoms with E-state index >= 15 is 0 Å². The van der Waals surface area contributed by atoms with Gasteiger partial charge in [-0.15, -0.1) is 0 Å². The summed E-state index contributed by atoms with van der Waals surface area (Å²) in [4.78, 5) is 0. The Morgan fingerprint density at radius 2 is 2.14 bits per heavy atom. The summed E-state index contributed by atoms with van der Waals surface area (Å²) >= 11 is 0. The Bertz CT molecular complexity index is 583. The maximum absolute atomic E-state index is 6.05. The van der Waals surface area contributed by atoms with E-state index in [4.69, 9.17) is 15.2 Å². The summed E-state index contributed by atoms with van der Waals surface area (Å²) in [5.41, 5.74) is 8.46. The molecule has 1 unspecified atom stereocenters. The molecular formula is C15H21N3O3. The third-order valence-electron chi connectivity index (χ3n) is 3.39. The lowest BCUT2D eigenvalue weighted by molar-refractivity contribution is 0.258.